The van der Waals surface area contributed by atoms with E-state index in [4.69, 9.17) is 9.47 Å². The predicted molar refractivity (Wildman–Crippen MR) is 101 cm³/mol. The normalized spacial score (nSPS) is 10.0. The van der Waals surface area contributed by atoms with Gasteiger partial charge in [-0.25, -0.2) is 4.79 Å². The third kappa shape index (κ3) is 5.77. The maximum absolute atomic E-state index is 12.1. The molecule has 136 valence electrons. The highest BCUT2D eigenvalue weighted by atomic mass is 16.5. The standard InChI is InChI=1S/C21H23NO4/c1-3-7-16-8-5-6-9-19(16)26-15-20(23)22-18-12-10-17(11-13-18)21(24)25-14-4-2/h3,5-6,8-13H,1,4,7,14-15H2,2H3,(H,22,23). The highest BCUT2D eigenvalue weighted by molar-refractivity contribution is 5.93. The number of carbonyl (C=O) groups is 2. The molecule has 0 fully saturated rings. The van der Waals surface area contributed by atoms with Gasteiger partial charge >= 0.3 is 5.97 Å². The van der Waals surface area contributed by atoms with Gasteiger partial charge in [0.25, 0.3) is 5.91 Å². The van der Waals surface area contributed by atoms with Crippen LogP contribution in [0.2, 0.25) is 0 Å². The van der Waals surface area contributed by atoms with Crippen LogP contribution in [0.4, 0.5) is 5.69 Å². The number of ether oxygens (including phenoxy) is 2. The van der Waals surface area contributed by atoms with Crippen molar-refractivity contribution in [3.8, 4) is 5.75 Å². The van der Waals surface area contributed by atoms with E-state index < -0.39 is 0 Å². The molecule has 0 spiro atoms. The van der Waals surface area contributed by atoms with Crippen molar-refractivity contribution in [3.63, 3.8) is 0 Å². The number of allylic oxidation sites excluding steroid dienone is 1. The fourth-order valence-corrected chi connectivity index (χ4v) is 2.28. The number of amides is 1. The Morgan fingerprint density at radius 1 is 1.12 bits per heavy atom. The van der Waals surface area contributed by atoms with Gasteiger partial charge in [0.15, 0.2) is 6.61 Å². The number of nitrogens with one attached hydrogen (secondary N) is 1. The smallest absolute Gasteiger partial charge is 0.338 e. The summed E-state index contributed by atoms with van der Waals surface area (Å²) < 4.78 is 10.7. The molecule has 5 heteroatoms. The van der Waals surface area contributed by atoms with Crippen molar-refractivity contribution in [2.75, 3.05) is 18.5 Å². The molecule has 1 amide bonds. The Balaban J connectivity index is 1.88. The molecule has 0 aliphatic rings. The second-order valence-electron chi connectivity index (χ2n) is 5.65. The molecule has 0 radical (unpaired) electrons. The second kappa shape index (κ2) is 10.0. The van der Waals surface area contributed by atoms with Crippen LogP contribution in [-0.2, 0) is 16.0 Å². The molecule has 2 aromatic carbocycles. The number of carbonyl (C=O) groups excluding carboxylic acids is 2. The Bertz CT molecular complexity index is 753. The van der Waals surface area contributed by atoms with Crippen LogP contribution < -0.4 is 10.1 Å². The zero-order chi connectivity index (χ0) is 18.8. The van der Waals surface area contributed by atoms with E-state index in [1.54, 1.807) is 30.3 Å². The molecular weight excluding hydrogens is 330 g/mol. The summed E-state index contributed by atoms with van der Waals surface area (Å²) in [6.45, 7) is 5.94. The summed E-state index contributed by atoms with van der Waals surface area (Å²) in [7, 11) is 0. The van der Waals surface area contributed by atoms with E-state index in [0.717, 1.165) is 12.0 Å². The van der Waals surface area contributed by atoms with Crippen LogP contribution >= 0.6 is 0 Å². The molecule has 0 bridgehead atoms. The van der Waals surface area contributed by atoms with Crippen LogP contribution in [-0.4, -0.2) is 25.1 Å². The van der Waals surface area contributed by atoms with Gasteiger partial charge in [-0.1, -0.05) is 31.2 Å². The molecule has 0 unspecified atom stereocenters. The minimum Gasteiger partial charge on any atom is -0.483 e. The fourth-order valence-electron chi connectivity index (χ4n) is 2.28. The number of hydrogen-bond donors (Lipinski definition) is 1. The Morgan fingerprint density at radius 2 is 1.85 bits per heavy atom. The summed E-state index contributed by atoms with van der Waals surface area (Å²) in [5.74, 6) is 0.0168. The van der Waals surface area contributed by atoms with Gasteiger partial charge in [-0.2, -0.15) is 0 Å². The van der Waals surface area contributed by atoms with E-state index in [1.807, 2.05) is 31.2 Å². The Hall–Kier alpha value is -3.08. The molecule has 0 saturated heterocycles. The number of anilines is 1. The highest BCUT2D eigenvalue weighted by Gasteiger charge is 2.09. The monoisotopic (exact) mass is 353 g/mol. The van der Waals surface area contributed by atoms with E-state index >= 15 is 0 Å². The van der Waals surface area contributed by atoms with Crippen LogP contribution in [0.5, 0.6) is 5.75 Å². The van der Waals surface area contributed by atoms with Crippen LogP contribution in [0.3, 0.4) is 0 Å². The Kier molecular flexibility index (Phi) is 7.43. The lowest BCUT2D eigenvalue weighted by atomic mass is 10.1. The number of esters is 1. The van der Waals surface area contributed by atoms with Crippen molar-refractivity contribution < 1.29 is 19.1 Å². The topological polar surface area (TPSA) is 64.6 Å². The molecule has 5 nitrogen and oxygen atoms in total. The zero-order valence-corrected chi connectivity index (χ0v) is 14.9. The van der Waals surface area contributed by atoms with Crippen molar-refractivity contribution in [1.82, 2.24) is 0 Å². The first-order chi connectivity index (χ1) is 12.6. The van der Waals surface area contributed by atoms with Gasteiger partial charge < -0.3 is 14.8 Å². The van der Waals surface area contributed by atoms with E-state index in [9.17, 15) is 9.59 Å². The maximum Gasteiger partial charge on any atom is 0.338 e. The Labute approximate surface area is 153 Å². The number of rotatable bonds is 9. The van der Waals surface area contributed by atoms with Crippen LogP contribution in [0.1, 0.15) is 29.3 Å². The molecule has 0 atom stereocenters. The number of benzene rings is 2. The third-order valence-electron chi connectivity index (χ3n) is 3.54. The minimum absolute atomic E-state index is 0.103. The lowest BCUT2D eigenvalue weighted by Gasteiger charge is -2.11. The average Bonchev–Trinajstić information content (AvgIpc) is 2.66. The first-order valence-electron chi connectivity index (χ1n) is 8.52. The predicted octanol–water partition coefficient (Wildman–Crippen LogP) is 4.00. The largest absolute Gasteiger partial charge is 0.483 e. The number of hydrogen-bond acceptors (Lipinski definition) is 4. The van der Waals surface area contributed by atoms with Crippen molar-refractivity contribution in [3.05, 3.63) is 72.3 Å². The summed E-state index contributed by atoms with van der Waals surface area (Å²) in [5, 5.41) is 2.74. The first kappa shape index (κ1) is 19.2. The average molecular weight is 353 g/mol. The van der Waals surface area contributed by atoms with Crippen LogP contribution in [0.15, 0.2) is 61.2 Å². The highest BCUT2D eigenvalue weighted by Crippen LogP contribution is 2.19. The van der Waals surface area contributed by atoms with Crippen molar-refractivity contribution in [2.24, 2.45) is 0 Å². The first-order valence-corrected chi connectivity index (χ1v) is 8.52. The molecule has 0 saturated carbocycles. The zero-order valence-electron chi connectivity index (χ0n) is 14.9. The summed E-state index contributed by atoms with van der Waals surface area (Å²) in [6.07, 6.45) is 3.23. The van der Waals surface area contributed by atoms with Gasteiger partial charge in [-0.3, -0.25) is 4.79 Å². The minimum atomic E-state index is -0.369. The lowest BCUT2D eigenvalue weighted by molar-refractivity contribution is -0.118. The summed E-state index contributed by atoms with van der Waals surface area (Å²) in [6, 6.07) is 14.1. The van der Waals surface area contributed by atoms with Gasteiger partial charge in [0, 0.05) is 5.69 Å². The molecule has 2 rings (SSSR count). The van der Waals surface area contributed by atoms with Gasteiger partial charge in [-0.05, 0) is 48.7 Å². The van der Waals surface area contributed by atoms with Gasteiger partial charge in [-0.15, -0.1) is 6.58 Å². The summed E-state index contributed by atoms with van der Waals surface area (Å²) >= 11 is 0. The van der Waals surface area contributed by atoms with E-state index in [-0.39, 0.29) is 18.5 Å². The molecule has 0 heterocycles. The maximum atomic E-state index is 12.1. The lowest BCUT2D eigenvalue weighted by Crippen LogP contribution is -2.20. The Morgan fingerprint density at radius 3 is 2.54 bits per heavy atom. The van der Waals surface area contributed by atoms with Gasteiger partial charge in [0.1, 0.15) is 5.75 Å². The quantitative estimate of drug-likeness (QED) is 0.547. The van der Waals surface area contributed by atoms with E-state index in [0.29, 0.717) is 30.0 Å². The molecule has 1 N–H and O–H groups in total. The SMILES string of the molecule is C=CCc1ccccc1OCC(=O)Nc1ccc(C(=O)OCCC)cc1. The van der Waals surface area contributed by atoms with Crippen LogP contribution in [0.25, 0.3) is 0 Å². The molecule has 0 aliphatic heterocycles. The summed E-state index contributed by atoms with van der Waals surface area (Å²) in [5.41, 5.74) is 2.02. The molecule has 0 aliphatic carbocycles. The molecule has 2 aromatic rings. The third-order valence-corrected chi connectivity index (χ3v) is 3.54. The van der Waals surface area contributed by atoms with E-state index in [1.165, 1.54) is 0 Å². The van der Waals surface area contributed by atoms with Crippen molar-refractivity contribution >= 4 is 17.6 Å². The number of para-hydroxylation sites is 1. The fraction of sp³-hybridized carbons (Fsp3) is 0.238. The molecule has 26 heavy (non-hydrogen) atoms. The van der Waals surface area contributed by atoms with Gasteiger partial charge in [0.05, 0.1) is 12.2 Å². The van der Waals surface area contributed by atoms with Crippen molar-refractivity contribution in [2.45, 2.75) is 19.8 Å². The van der Waals surface area contributed by atoms with E-state index in [2.05, 4.69) is 11.9 Å². The molecule has 0 aromatic heterocycles. The molecular formula is C21H23NO4. The van der Waals surface area contributed by atoms with Crippen molar-refractivity contribution in [1.29, 1.82) is 0 Å². The van der Waals surface area contributed by atoms with Crippen LogP contribution in [0, 0.1) is 0 Å². The second-order valence-corrected chi connectivity index (χ2v) is 5.65. The van der Waals surface area contributed by atoms with Gasteiger partial charge in [0.2, 0.25) is 0 Å². The summed E-state index contributed by atoms with van der Waals surface area (Å²) in [4.78, 5) is 23.8.